The lowest BCUT2D eigenvalue weighted by Crippen LogP contribution is -2.05. The molecule has 0 amide bonds. The maximum Gasteiger partial charge on any atom is 0.132 e. The zero-order chi connectivity index (χ0) is 14.9. The molecule has 0 fully saturated rings. The molecule has 1 heterocycles. The fraction of sp³-hybridized carbons (Fsp3) is 0.400. The van der Waals surface area contributed by atoms with E-state index in [0.717, 1.165) is 27.4 Å². The van der Waals surface area contributed by atoms with Crippen LogP contribution in [0.4, 0.5) is 0 Å². The van der Waals surface area contributed by atoms with Gasteiger partial charge in [0, 0.05) is 12.6 Å². The number of nitrogens with zero attached hydrogens (tertiary/aromatic N) is 2. The van der Waals surface area contributed by atoms with Gasteiger partial charge in [-0.1, -0.05) is 19.9 Å². The Kier molecular flexibility index (Phi) is 4.50. The zero-order valence-electron chi connectivity index (χ0n) is 12.3. The smallest absolute Gasteiger partial charge is 0.132 e. The van der Waals surface area contributed by atoms with Crippen LogP contribution >= 0.6 is 15.9 Å². The van der Waals surface area contributed by atoms with E-state index in [4.69, 9.17) is 10.5 Å². The molecule has 2 aromatic rings. The van der Waals surface area contributed by atoms with E-state index in [1.807, 2.05) is 11.6 Å². The van der Waals surface area contributed by atoms with Gasteiger partial charge in [0.1, 0.15) is 16.2 Å². The third kappa shape index (κ3) is 2.60. The monoisotopic (exact) mass is 337 g/mol. The van der Waals surface area contributed by atoms with Crippen molar-refractivity contribution < 1.29 is 4.74 Å². The Labute approximate surface area is 128 Å². The molecule has 0 aliphatic rings. The van der Waals surface area contributed by atoms with Gasteiger partial charge in [0.15, 0.2) is 0 Å². The average Bonchev–Trinajstić information content (AvgIpc) is 2.72. The van der Waals surface area contributed by atoms with Gasteiger partial charge >= 0.3 is 0 Å². The van der Waals surface area contributed by atoms with Crippen molar-refractivity contribution in [1.82, 2.24) is 9.55 Å². The van der Waals surface area contributed by atoms with E-state index in [2.05, 4.69) is 53.0 Å². The molecule has 0 aliphatic carbocycles. The highest BCUT2D eigenvalue weighted by Crippen LogP contribution is 2.36. The van der Waals surface area contributed by atoms with E-state index in [0.29, 0.717) is 12.5 Å². The molecule has 2 rings (SSSR count). The minimum Gasteiger partial charge on any atom is -0.496 e. The number of nitrogens with two attached hydrogens (primary N) is 1. The van der Waals surface area contributed by atoms with Crippen LogP contribution in [-0.4, -0.2) is 16.7 Å². The topological polar surface area (TPSA) is 53.1 Å². The molecule has 2 N–H and O–H groups in total. The van der Waals surface area contributed by atoms with E-state index in [-0.39, 0.29) is 0 Å². The number of aromatic nitrogens is 2. The van der Waals surface area contributed by atoms with Gasteiger partial charge in [-0.15, -0.1) is 0 Å². The zero-order valence-corrected chi connectivity index (χ0v) is 13.9. The normalized spacial score (nSPS) is 11.2. The van der Waals surface area contributed by atoms with Gasteiger partial charge in [-0.05, 0) is 39.5 Å². The van der Waals surface area contributed by atoms with Crippen LogP contribution in [0, 0.1) is 0 Å². The van der Waals surface area contributed by atoms with Crippen LogP contribution in [0.25, 0.3) is 11.3 Å². The van der Waals surface area contributed by atoms with Gasteiger partial charge in [0.2, 0.25) is 0 Å². The van der Waals surface area contributed by atoms with E-state index < -0.39 is 0 Å². The Morgan fingerprint density at radius 2 is 2.10 bits per heavy atom. The number of rotatable bonds is 4. The summed E-state index contributed by atoms with van der Waals surface area (Å²) in [5.41, 5.74) is 8.96. The molecular formula is C15H20BrN3O. The summed E-state index contributed by atoms with van der Waals surface area (Å²) in [6, 6.07) is 6.29. The molecule has 0 unspecified atom stereocenters. The van der Waals surface area contributed by atoms with Crippen molar-refractivity contribution in [2.45, 2.75) is 26.3 Å². The number of benzene rings is 1. The second-order valence-electron chi connectivity index (χ2n) is 5.05. The summed E-state index contributed by atoms with van der Waals surface area (Å²) in [4.78, 5) is 4.44. The van der Waals surface area contributed by atoms with Gasteiger partial charge in [-0.2, -0.15) is 0 Å². The van der Waals surface area contributed by atoms with Crippen LogP contribution in [0.3, 0.4) is 0 Å². The molecule has 0 aliphatic heterocycles. The third-order valence-corrected chi connectivity index (χ3v) is 4.03. The highest BCUT2D eigenvalue weighted by molar-refractivity contribution is 9.10. The van der Waals surface area contributed by atoms with Crippen molar-refractivity contribution in [2.24, 2.45) is 12.8 Å². The first kappa shape index (κ1) is 15.1. The molecule has 1 aromatic heterocycles. The predicted octanol–water partition coefficient (Wildman–Crippen LogP) is 3.44. The highest BCUT2D eigenvalue weighted by Gasteiger charge is 2.18. The van der Waals surface area contributed by atoms with E-state index in [1.165, 1.54) is 5.56 Å². The summed E-state index contributed by atoms with van der Waals surface area (Å²) in [7, 11) is 3.65. The summed E-state index contributed by atoms with van der Waals surface area (Å²) >= 11 is 3.51. The lowest BCUT2D eigenvalue weighted by atomic mass is 10.00. The molecule has 5 heteroatoms. The van der Waals surface area contributed by atoms with Crippen molar-refractivity contribution in [1.29, 1.82) is 0 Å². The minimum atomic E-state index is 0.404. The lowest BCUT2D eigenvalue weighted by molar-refractivity contribution is 0.415. The fourth-order valence-corrected chi connectivity index (χ4v) is 2.93. The Bertz CT molecular complexity index is 620. The Hall–Kier alpha value is -1.33. The van der Waals surface area contributed by atoms with Crippen LogP contribution in [0.15, 0.2) is 22.8 Å². The first-order valence-corrected chi connectivity index (χ1v) is 7.38. The molecule has 0 bridgehead atoms. The van der Waals surface area contributed by atoms with Gasteiger partial charge in [-0.25, -0.2) is 4.98 Å². The third-order valence-electron chi connectivity index (χ3n) is 3.48. The van der Waals surface area contributed by atoms with Crippen LogP contribution in [-0.2, 0) is 13.6 Å². The lowest BCUT2D eigenvalue weighted by Gasteiger charge is -2.14. The summed E-state index contributed by atoms with van der Waals surface area (Å²) in [6.07, 6.45) is 0. The van der Waals surface area contributed by atoms with Crippen molar-refractivity contribution in [3.05, 3.63) is 34.2 Å². The summed E-state index contributed by atoms with van der Waals surface area (Å²) < 4.78 is 8.34. The molecule has 0 atom stereocenters. The molecule has 0 radical (unpaired) electrons. The number of halogens is 1. The van der Waals surface area contributed by atoms with Crippen molar-refractivity contribution >= 4 is 15.9 Å². The van der Waals surface area contributed by atoms with Crippen molar-refractivity contribution in [3.8, 4) is 17.0 Å². The first-order valence-electron chi connectivity index (χ1n) is 6.59. The van der Waals surface area contributed by atoms with E-state index in [9.17, 15) is 0 Å². The molecule has 4 nitrogen and oxygen atoms in total. The minimum absolute atomic E-state index is 0.404. The van der Waals surface area contributed by atoms with Crippen molar-refractivity contribution in [2.75, 3.05) is 7.11 Å². The van der Waals surface area contributed by atoms with E-state index in [1.54, 1.807) is 7.11 Å². The van der Waals surface area contributed by atoms with Crippen LogP contribution in [0.5, 0.6) is 5.75 Å². The molecule has 20 heavy (non-hydrogen) atoms. The fourth-order valence-electron chi connectivity index (χ4n) is 2.25. The second-order valence-corrected chi connectivity index (χ2v) is 5.80. The van der Waals surface area contributed by atoms with E-state index >= 15 is 0 Å². The van der Waals surface area contributed by atoms with Crippen LogP contribution in [0.2, 0.25) is 0 Å². The van der Waals surface area contributed by atoms with Gasteiger partial charge in [-0.3, -0.25) is 0 Å². The number of ether oxygens (including phenoxy) is 1. The number of imidazole rings is 1. The summed E-state index contributed by atoms with van der Waals surface area (Å²) in [5, 5.41) is 0. The molecule has 0 saturated heterocycles. The molecule has 0 spiro atoms. The standard InChI is InChI=1S/C15H20BrN3O/c1-9(2)10-5-6-11(12(7-10)20-4)14-15(16)18-13(8-17)19(14)3/h5-7,9H,8,17H2,1-4H3. The number of methoxy groups -OCH3 is 1. The molecule has 1 aromatic carbocycles. The molecule has 108 valence electrons. The van der Waals surface area contributed by atoms with Gasteiger partial charge in [0.05, 0.1) is 19.3 Å². The largest absolute Gasteiger partial charge is 0.496 e. The number of hydrogen-bond acceptors (Lipinski definition) is 3. The quantitative estimate of drug-likeness (QED) is 0.929. The summed E-state index contributed by atoms with van der Waals surface area (Å²) in [6.45, 7) is 4.74. The second kappa shape index (κ2) is 5.97. The van der Waals surface area contributed by atoms with Crippen molar-refractivity contribution in [3.63, 3.8) is 0 Å². The van der Waals surface area contributed by atoms with Crippen LogP contribution < -0.4 is 10.5 Å². The predicted molar refractivity (Wildman–Crippen MR) is 84.9 cm³/mol. The van der Waals surface area contributed by atoms with Gasteiger partial charge < -0.3 is 15.0 Å². The van der Waals surface area contributed by atoms with Crippen LogP contribution in [0.1, 0.15) is 31.2 Å². The molecule has 0 saturated carbocycles. The Balaban J connectivity index is 2.61. The Morgan fingerprint density at radius 1 is 1.40 bits per heavy atom. The maximum absolute atomic E-state index is 5.71. The maximum atomic E-state index is 5.71. The average molecular weight is 338 g/mol. The SMILES string of the molecule is COc1cc(C(C)C)ccc1-c1c(Br)nc(CN)n1C. The Morgan fingerprint density at radius 3 is 2.60 bits per heavy atom. The molecular weight excluding hydrogens is 318 g/mol. The van der Waals surface area contributed by atoms with Gasteiger partial charge in [0.25, 0.3) is 0 Å². The number of hydrogen-bond donors (Lipinski definition) is 1. The highest BCUT2D eigenvalue weighted by atomic mass is 79.9. The summed E-state index contributed by atoms with van der Waals surface area (Å²) in [5.74, 6) is 2.15. The first-order chi connectivity index (χ1) is 9.49.